The number of hydrogen-bond acceptors (Lipinski definition) is 4. The molecular weight excluding hydrogens is 340 g/mol. The minimum absolute atomic E-state index is 0.0173. The predicted molar refractivity (Wildman–Crippen MR) is 76.2 cm³/mol. The van der Waals surface area contributed by atoms with Crippen LogP contribution in [-0.2, 0) is 10.0 Å². The van der Waals surface area contributed by atoms with E-state index in [2.05, 4.69) is 9.71 Å². The number of rotatable bonds is 3. The highest BCUT2D eigenvalue weighted by Crippen LogP contribution is 2.24. The third kappa shape index (κ3) is 3.42. The van der Waals surface area contributed by atoms with E-state index in [1.807, 2.05) is 0 Å². The molecule has 5 nitrogen and oxygen atoms in total. The highest BCUT2D eigenvalue weighted by atomic mass is 35.5. The lowest BCUT2D eigenvalue weighted by Crippen LogP contribution is -2.13. The number of nitrogens with zero attached hydrogens (tertiary/aromatic N) is 2. The van der Waals surface area contributed by atoms with Crippen molar-refractivity contribution in [1.82, 2.24) is 4.98 Å². The van der Waals surface area contributed by atoms with E-state index in [1.165, 1.54) is 6.07 Å². The van der Waals surface area contributed by atoms with Gasteiger partial charge in [0.1, 0.15) is 21.9 Å². The first-order valence-corrected chi connectivity index (χ1v) is 7.61. The molecule has 1 heterocycles. The Morgan fingerprint density at radius 1 is 1.29 bits per heavy atom. The largest absolute Gasteiger partial charge is 0.280 e. The first kappa shape index (κ1) is 15.5. The fourth-order valence-electron chi connectivity index (χ4n) is 1.44. The van der Waals surface area contributed by atoms with Crippen LogP contribution in [0.1, 0.15) is 5.56 Å². The van der Waals surface area contributed by atoms with Crippen molar-refractivity contribution >= 4 is 38.9 Å². The predicted octanol–water partition coefficient (Wildman–Crippen LogP) is 3.20. The summed E-state index contributed by atoms with van der Waals surface area (Å²) in [5.41, 5.74) is -0.235. The second-order valence-electron chi connectivity index (χ2n) is 3.86. The second kappa shape index (κ2) is 5.85. The third-order valence-corrected chi connectivity index (χ3v) is 4.45. The van der Waals surface area contributed by atoms with Crippen LogP contribution in [0.2, 0.25) is 10.2 Å². The van der Waals surface area contributed by atoms with Crippen LogP contribution in [0.25, 0.3) is 0 Å². The van der Waals surface area contributed by atoms with Crippen LogP contribution in [0.3, 0.4) is 0 Å². The number of nitriles is 1. The monoisotopic (exact) mass is 345 g/mol. The van der Waals surface area contributed by atoms with Crippen LogP contribution in [0.4, 0.5) is 10.1 Å². The zero-order chi connectivity index (χ0) is 15.6. The van der Waals surface area contributed by atoms with Gasteiger partial charge in [0.15, 0.2) is 0 Å². The highest BCUT2D eigenvalue weighted by molar-refractivity contribution is 7.92. The molecule has 0 spiro atoms. The van der Waals surface area contributed by atoms with Gasteiger partial charge in [0, 0.05) is 6.20 Å². The van der Waals surface area contributed by atoms with E-state index in [-0.39, 0.29) is 26.3 Å². The molecule has 21 heavy (non-hydrogen) atoms. The van der Waals surface area contributed by atoms with E-state index in [0.29, 0.717) is 0 Å². The summed E-state index contributed by atoms with van der Waals surface area (Å²) in [6, 6.07) is 6.01. The molecule has 2 rings (SSSR count). The zero-order valence-electron chi connectivity index (χ0n) is 10.1. The van der Waals surface area contributed by atoms with Crippen LogP contribution < -0.4 is 4.72 Å². The molecule has 9 heteroatoms. The summed E-state index contributed by atoms with van der Waals surface area (Å²) in [5.74, 6) is -0.739. The van der Waals surface area contributed by atoms with Crippen molar-refractivity contribution in [1.29, 1.82) is 5.26 Å². The molecule has 108 valence electrons. The molecule has 0 aliphatic heterocycles. The van der Waals surface area contributed by atoms with Gasteiger partial charge < -0.3 is 0 Å². The van der Waals surface area contributed by atoms with Gasteiger partial charge in [-0.25, -0.2) is 17.8 Å². The summed E-state index contributed by atoms with van der Waals surface area (Å²) in [4.78, 5) is 3.43. The summed E-state index contributed by atoms with van der Waals surface area (Å²) in [6.07, 6.45) is 1.03. The number of halogens is 3. The van der Waals surface area contributed by atoms with E-state index in [9.17, 15) is 12.8 Å². The lowest BCUT2D eigenvalue weighted by atomic mass is 10.2. The SMILES string of the molecule is N#Cc1cc(NS(=O)(=O)c2cnc(Cl)c(Cl)c2)ccc1F. The first-order chi connectivity index (χ1) is 9.83. The van der Waals surface area contributed by atoms with Gasteiger partial charge in [0.2, 0.25) is 0 Å². The molecule has 2 aromatic rings. The highest BCUT2D eigenvalue weighted by Gasteiger charge is 2.17. The molecule has 1 aromatic carbocycles. The fraction of sp³-hybridized carbons (Fsp3) is 0. The van der Waals surface area contributed by atoms with E-state index < -0.39 is 15.8 Å². The third-order valence-electron chi connectivity index (χ3n) is 2.42. The number of benzene rings is 1. The van der Waals surface area contributed by atoms with Crippen molar-refractivity contribution in [3.8, 4) is 6.07 Å². The zero-order valence-corrected chi connectivity index (χ0v) is 12.5. The molecule has 0 amide bonds. The maximum Gasteiger partial charge on any atom is 0.263 e. The Labute approximate surface area is 130 Å². The molecule has 0 bridgehead atoms. The average molecular weight is 346 g/mol. The maximum absolute atomic E-state index is 13.2. The molecule has 0 fully saturated rings. The number of aromatic nitrogens is 1. The Morgan fingerprint density at radius 3 is 2.62 bits per heavy atom. The normalized spacial score (nSPS) is 11.0. The van der Waals surface area contributed by atoms with Gasteiger partial charge in [0.25, 0.3) is 10.0 Å². The molecule has 1 aromatic heterocycles. The Balaban J connectivity index is 2.37. The van der Waals surface area contributed by atoms with Crippen LogP contribution in [0.15, 0.2) is 35.4 Å². The number of pyridine rings is 1. The summed E-state index contributed by atoms with van der Waals surface area (Å²) < 4.78 is 39.6. The van der Waals surface area contributed by atoms with Gasteiger partial charge in [-0.05, 0) is 24.3 Å². The van der Waals surface area contributed by atoms with Gasteiger partial charge in [-0.3, -0.25) is 4.72 Å². The van der Waals surface area contributed by atoms with Crippen molar-refractivity contribution in [2.24, 2.45) is 0 Å². The van der Waals surface area contributed by atoms with E-state index >= 15 is 0 Å². The van der Waals surface area contributed by atoms with E-state index in [0.717, 1.165) is 24.4 Å². The molecule has 0 aliphatic carbocycles. The van der Waals surface area contributed by atoms with Crippen LogP contribution in [0.5, 0.6) is 0 Å². The molecule has 1 N–H and O–H groups in total. The van der Waals surface area contributed by atoms with Crippen molar-refractivity contribution < 1.29 is 12.8 Å². The van der Waals surface area contributed by atoms with E-state index in [4.69, 9.17) is 28.5 Å². The summed E-state index contributed by atoms with van der Waals surface area (Å²) in [5, 5.41) is 8.67. The molecule has 0 saturated carbocycles. The Morgan fingerprint density at radius 2 is 2.00 bits per heavy atom. The van der Waals surface area contributed by atoms with Crippen LogP contribution in [0, 0.1) is 17.1 Å². The lowest BCUT2D eigenvalue weighted by Gasteiger charge is -2.08. The smallest absolute Gasteiger partial charge is 0.263 e. The van der Waals surface area contributed by atoms with Crippen molar-refractivity contribution in [2.75, 3.05) is 4.72 Å². The quantitative estimate of drug-likeness (QED) is 0.865. The average Bonchev–Trinajstić information content (AvgIpc) is 2.43. The minimum atomic E-state index is -3.98. The van der Waals surface area contributed by atoms with Gasteiger partial charge in [-0.15, -0.1) is 0 Å². The van der Waals surface area contributed by atoms with Crippen molar-refractivity contribution in [3.63, 3.8) is 0 Å². The first-order valence-electron chi connectivity index (χ1n) is 5.37. The Kier molecular flexibility index (Phi) is 4.32. The Bertz CT molecular complexity index is 850. The molecule has 0 aliphatic rings. The molecule has 0 radical (unpaired) electrons. The van der Waals surface area contributed by atoms with Crippen molar-refractivity contribution in [3.05, 3.63) is 52.0 Å². The van der Waals surface area contributed by atoms with Gasteiger partial charge in [-0.2, -0.15) is 5.26 Å². The van der Waals surface area contributed by atoms with Gasteiger partial charge >= 0.3 is 0 Å². The van der Waals surface area contributed by atoms with Crippen molar-refractivity contribution in [2.45, 2.75) is 4.90 Å². The Hall–Kier alpha value is -1.88. The number of nitrogens with one attached hydrogen (secondary N) is 1. The lowest BCUT2D eigenvalue weighted by molar-refractivity contribution is 0.600. The van der Waals surface area contributed by atoms with Crippen LogP contribution >= 0.6 is 23.2 Å². The molecule has 0 atom stereocenters. The van der Waals surface area contributed by atoms with Crippen LogP contribution in [-0.4, -0.2) is 13.4 Å². The topological polar surface area (TPSA) is 82.9 Å². The fourth-order valence-corrected chi connectivity index (χ4v) is 2.79. The standard InChI is InChI=1S/C12H6Cl2FN3O2S/c13-10-4-9(6-17-12(10)14)21(19,20)18-8-1-2-11(15)7(3-8)5-16/h1-4,6,18H. The summed E-state index contributed by atoms with van der Waals surface area (Å²) in [6.45, 7) is 0. The summed E-state index contributed by atoms with van der Waals surface area (Å²) in [7, 11) is -3.98. The number of hydrogen-bond donors (Lipinski definition) is 1. The number of anilines is 1. The van der Waals surface area contributed by atoms with Gasteiger partial charge in [0.05, 0.1) is 16.3 Å². The van der Waals surface area contributed by atoms with E-state index in [1.54, 1.807) is 6.07 Å². The molecule has 0 saturated heterocycles. The maximum atomic E-state index is 13.2. The summed E-state index contributed by atoms with van der Waals surface area (Å²) >= 11 is 11.3. The molecular formula is C12H6Cl2FN3O2S. The number of sulfonamides is 1. The van der Waals surface area contributed by atoms with Gasteiger partial charge in [-0.1, -0.05) is 23.2 Å². The second-order valence-corrected chi connectivity index (χ2v) is 6.30. The minimum Gasteiger partial charge on any atom is -0.280 e. The molecule has 0 unspecified atom stereocenters.